The summed E-state index contributed by atoms with van der Waals surface area (Å²) in [5.74, 6) is 0. The van der Waals surface area contributed by atoms with Gasteiger partial charge in [-0.1, -0.05) is 13.8 Å². The van der Waals surface area contributed by atoms with Gasteiger partial charge < -0.3 is 14.8 Å². The summed E-state index contributed by atoms with van der Waals surface area (Å²) in [6.45, 7) is 7.95. The monoisotopic (exact) mass is 215 g/mol. The molecule has 1 fully saturated rings. The van der Waals surface area contributed by atoms with E-state index in [-0.39, 0.29) is 0 Å². The number of nitrogens with one attached hydrogen (secondary N) is 1. The summed E-state index contributed by atoms with van der Waals surface area (Å²) in [6.07, 6.45) is 5.00. The SMILES string of the molecule is CCCNC(COCCC)C1CCCO1. The molecule has 0 aliphatic carbocycles. The van der Waals surface area contributed by atoms with Crippen LogP contribution in [0.3, 0.4) is 0 Å². The van der Waals surface area contributed by atoms with Crippen molar-refractivity contribution in [3.05, 3.63) is 0 Å². The normalized spacial score (nSPS) is 23.2. The molecule has 0 radical (unpaired) electrons. The van der Waals surface area contributed by atoms with E-state index in [9.17, 15) is 0 Å². The maximum absolute atomic E-state index is 5.70. The summed E-state index contributed by atoms with van der Waals surface area (Å²) >= 11 is 0. The molecule has 1 saturated heterocycles. The lowest BCUT2D eigenvalue weighted by Gasteiger charge is -2.24. The van der Waals surface area contributed by atoms with Gasteiger partial charge in [-0.25, -0.2) is 0 Å². The Morgan fingerprint density at radius 3 is 2.87 bits per heavy atom. The van der Waals surface area contributed by atoms with Crippen LogP contribution in [-0.4, -0.2) is 38.5 Å². The number of rotatable bonds is 8. The van der Waals surface area contributed by atoms with Crippen LogP contribution in [0.2, 0.25) is 0 Å². The Balaban J connectivity index is 2.23. The Morgan fingerprint density at radius 2 is 2.27 bits per heavy atom. The zero-order valence-corrected chi connectivity index (χ0v) is 10.1. The minimum atomic E-state index is 0.369. The first-order valence-corrected chi connectivity index (χ1v) is 6.31. The summed E-state index contributed by atoms with van der Waals surface area (Å²) in [7, 11) is 0. The van der Waals surface area contributed by atoms with Gasteiger partial charge >= 0.3 is 0 Å². The van der Waals surface area contributed by atoms with Gasteiger partial charge in [-0.05, 0) is 32.2 Å². The van der Waals surface area contributed by atoms with Crippen LogP contribution in [0, 0.1) is 0 Å². The third-order valence-electron chi connectivity index (χ3n) is 2.72. The molecule has 0 bridgehead atoms. The lowest BCUT2D eigenvalue weighted by molar-refractivity contribution is 0.0293. The van der Waals surface area contributed by atoms with Crippen molar-refractivity contribution in [1.82, 2.24) is 5.32 Å². The topological polar surface area (TPSA) is 30.5 Å². The van der Waals surface area contributed by atoms with Crippen LogP contribution in [0.4, 0.5) is 0 Å². The highest BCUT2D eigenvalue weighted by Crippen LogP contribution is 2.16. The Morgan fingerprint density at radius 1 is 1.40 bits per heavy atom. The van der Waals surface area contributed by atoms with Crippen molar-refractivity contribution in [2.24, 2.45) is 0 Å². The first kappa shape index (κ1) is 12.9. The quantitative estimate of drug-likeness (QED) is 0.628. The Labute approximate surface area is 93.5 Å². The molecule has 90 valence electrons. The number of ether oxygens (including phenoxy) is 2. The predicted molar refractivity (Wildman–Crippen MR) is 62.2 cm³/mol. The van der Waals surface area contributed by atoms with Gasteiger partial charge in [0.25, 0.3) is 0 Å². The molecule has 1 rings (SSSR count). The van der Waals surface area contributed by atoms with Gasteiger partial charge in [0.15, 0.2) is 0 Å². The molecule has 1 N–H and O–H groups in total. The molecule has 0 saturated carbocycles. The van der Waals surface area contributed by atoms with E-state index in [1.807, 2.05) is 0 Å². The summed E-state index contributed by atoms with van der Waals surface area (Å²) in [4.78, 5) is 0. The molecule has 2 unspecified atom stereocenters. The van der Waals surface area contributed by atoms with Crippen LogP contribution in [0.25, 0.3) is 0 Å². The molecule has 2 atom stereocenters. The van der Waals surface area contributed by atoms with E-state index >= 15 is 0 Å². The van der Waals surface area contributed by atoms with E-state index in [0.717, 1.165) is 39.2 Å². The van der Waals surface area contributed by atoms with E-state index in [1.165, 1.54) is 12.8 Å². The molecular formula is C12H25NO2. The summed E-state index contributed by atoms with van der Waals surface area (Å²) in [5.41, 5.74) is 0. The second kappa shape index (κ2) is 8.08. The molecular weight excluding hydrogens is 190 g/mol. The maximum Gasteiger partial charge on any atom is 0.0751 e. The lowest BCUT2D eigenvalue weighted by atomic mass is 10.1. The molecule has 1 aliphatic heterocycles. The second-order valence-corrected chi connectivity index (χ2v) is 4.19. The molecule has 0 aromatic rings. The zero-order chi connectivity index (χ0) is 10.9. The van der Waals surface area contributed by atoms with Crippen molar-refractivity contribution in [3.63, 3.8) is 0 Å². The average molecular weight is 215 g/mol. The third-order valence-corrected chi connectivity index (χ3v) is 2.72. The maximum atomic E-state index is 5.70. The van der Waals surface area contributed by atoms with E-state index in [4.69, 9.17) is 9.47 Å². The first-order valence-electron chi connectivity index (χ1n) is 6.31. The van der Waals surface area contributed by atoms with Crippen LogP contribution in [-0.2, 0) is 9.47 Å². The molecule has 0 aromatic heterocycles. The molecule has 3 nitrogen and oxygen atoms in total. The predicted octanol–water partition coefficient (Wildman–Crippen LogP) is 1.96. The molecule has 1 heterocycles. The van der Waals surface area contributed by atoms with Crippen LogP contribution in [0.15, 0.2) is 0 Å². The molecule has 0 aromatic carbocycles. The van der Waals surface area contributed by atoms with Crippen LogP contribution >= 0.6 is 0 Å². The molecule has 3 heteroatoms. The minimum Gasteiger partial charge on any atom is -0.380 e. The van der Waals surface area contributed by atoms with Gasteiger partial charge in [0, 0.05) is 13.2 Å². The summed E-state index contributed by atoms with van der Waals surface area (Å²) in [6, 6.07) is 0.388. The Bertz CT molecular complexity index is 147. The van der Waals surface area contributed by atoms with Crippen molar-refractivity contribution in [1.29, 1.82) is 0 Å². The van der Waals surface area contributed by atoms with Crippen molar-refractivity contribution in [2.45, 2.75) is 51.7 Å². The molecule has 0 spiro atoms. The highest BCUT2D eigenvalue weighted by molar-refractivity contribution is 4.80. The number of hydrogen-bond donors (Lipinski definition) is 1. The van der Waals surface area contributed by atoms with Gasteiger partial charge in [-0.15, -0.1) is 0 Å². The van der Waals surface area contributed by atoms with Crippen molar-refractivity contribution in [2.75, 3.05) is 26.4 Å². The van der Waals surface area contributed by atoms with E-state index in [2.05, 4.69) is 19.2 Å². The standard InChI is InChI=1S/C12H25NO2/c1-3-7-13-11(10-14-8-4-2)12-6-5-9-15-12/h11-13H,3-10H2,1-2H3. The fraction of sp³-hybridized carbons (Fsp3) is 1.00. The van der Waals surface area contributed by atoms with E-state index < -0.39 is 0 Å². The largest absolute Gasteiger partial charge is 0.380 e. The fourth-order valence-corrected chi connectivity index (χ4v) is 1.90. The van der Waals surface area contributed by atoms with E-state index in [1.54, 1.807) is 0 Å². The molecule has 0 amide bonds. The van der Waals surface area contributed by atoms with Gasteiger partial charge in [0.1, 0.15) is 0 Å². The second-order valence-electron chi connectivity index (χ2n) is 4.19. The lowest BCUT2D eigenvalue weighted by Crippen LogP contribution is -2.43. The van der Waals surface area contributed by atoms with Gasteiger partial charge in [-0.2, -0.15) is 0 Å². The Kier molecular flexibility index (Phi) is 6.98. The smallest absolute Gasteiger partial charge is 0.0751 e. The van der Waals surface area contributed by atoms with Crippen molar-refractivity contribution >= 4 is 0 Å². The van der Waals surface area contributed by atoms with Crippen LogP contribution in [0.5, 0.6) is 0 Å². The number of hydrogen-bond acceptors (Lipinski definition) is 3. The zero-order valence-electron chi connectivity index (χ0n) is 10.1. The summed E-state index contributed by atoms with van der Waals surface area (Å²) < 4.78 is 11.3. The van der Waals surface area contributed by atoms with Gasteiger partial charge in [0.2, 0.25) is 0 Å². The van der Waals surface area contributed by atoms with Gasteiger partial charge in [0.05, 0.1) is 18.8 Å². The summed E-state index contributed by atoms with van der Waals surface area (Å²) in [5, 5.41) is 3.52. The van der Waals surface area contributed by atoms with Crippen molar-refractivity contribution in [3.8, 4) is 0 Å². The molecule has 15 heavy (non-hydrogen) atoms. The highest BCUT2D eigenvalue weighted by atomic mass is 16.5. The van der Waals surface area contributed by atoms with E-state index in [0.29, 0.717) is 12.1 Å². The van der Waals surface area contributed by atoms with Crippen LogP contribution in [0.1, 0.15) is 39.5 Å². The Hall–Kier alpha value is -0.120. The van der Waals surface area contributed by atoms with Crippen LogP contribution < -0.4 is 5.32 Å². The highest BCUT2D eigenvalue weighted by Gasteiger charge is 2.25. The third kappa shape index (κ3) is 4.96. The van der Waals surface area contributed by atoms with Crippen molar-refractivity contribution < 1.29 is 9.47 Å². The first-order chi connectivity index (χ1) is 7.38. The fourth-order valence-electron chi connectivity index (χ4n) is 1.90. The minimum absolute atomic E-state index is 0.369. The molecule has 1 aliphatic rings. The van der Waals surface area contributed by atoms with Gasteiger partial charge in [-0.3, -0.25) is 0 Å². The average Bonchev–Trinajstić information content (AvgIpc) is 2.76.